The molecule has 0 radical (unpaired) electrons. The summed E-state index contributed by atoms with van der Waals surface area (Å²) in [6.45, 7) is 1.62. The molecule has 0 saturated carbocycles. The molecule has 4 aromatic rings. The summed E-state index contributed by atoms with van der Waals surface area (Å²) in [6.07, 6.45) is 0. The molecule has 1 unspecified atom stereocenters. The van der Waals surface area contributed by atoms with Gasteiger partial charge in [0.2, 0.25) is 11.7 Å². The van der Waals surface area contributed by atoms with Crippen molar-refractivity contribution in [1.29, 1.82) is 0 Å². The number of aromatic nitrogens is 1. The number of ether oxygens (including phenoxy) is 1. The molecule has 1 aromatic heterocycles. The number of benzene rings is 3. The number of thiazole rings is 1. The molecule has 2 amide bonds. The molecule has 0 aliphatic carbocycles. The topological polar surface area (TPSA) is 141 Å². The summed E-state index contributed by atoms with van der Waals surface area (Å²) in [5.41, 5.74) is 13.2. The van der Waals surface area contributed by atoms with Gasteiger partial charge in [0, 0.05) is 22.8 Å². The van der Waals surface area contributed by atoms with Crippen molar-refractivity contribution in [2.75, 3.05) is 17.2 Å². The number of ketones is 1. The molecule has 1 heterocycles. The number of hydrogen-bond donors (Lipinski definition) is 3. The van der Waals surface area contributed by atoms with E-state index in [4.69, 9.17) is 27.8 Å². The van der Waals surface area contributed by atoms with E-state index in [-0.39, 0.29) is 34.9 Å². The van der Waals surface area contributed by atoms with Gasteiger partial charge in [0.25, 0.3) is 5.91 Å². The molecule has 0 spiro atoms. The Morgan fingerprint density at radius 1 is 1.07 bits per heavy atom. The molecule has 1 atom stereocenters. The van der Waals surface area contributed by atoms with E-state index in [1.54, 1.807) is 43.3 Å². The van der Waals surface area contributed by atoms with Crippen molar-refractivity contribution in [3.63, 3.8) is 0 Å². The highest BCUT2D eigenvalue weighted by atomic mass is 35.5. The summed E-state index contributed by atoms with van der Waals surface area (Å²) in [4.78, 5) is 43.3. The highest BCUT2D eigenvalue weighted by Crippen LogP contribution is 2.36. The maximum atomic E-state index is 13.5. The van der Waals surface area contributed by atoms with Gasteiger partial charge in [0.15, 0.2) is 11.7 Å². The summed E-state index contributed by atoms with van der Waals surface area (Å²) in [7, 11) is 0. The van der Waals surface area contributed by atoms with Crippen molar-refractivity contribution in [3.05, 3.63) is 99.6 Å². The largest absolute Gasteiger partial charge is 0.484 e. The second-order valence-corrected chi connectivity index (χ2v) is 10.0. The van der Waals surface area contributed by atoms with Crippen molar-refractivity contribution < 1.29 is 23.5 Å². The third kappa shape index (κ3) is 6.74. The number of nitrogens with zero attached hydrogens (tertiary/aromatic N) is 2. The minimum Gasteiger partial charge on any atom is -0.484 e. The van der Waals surface area contributed by atoms with Gasteiger partial charge in [-0.2, -0.15) is 0 Å². The molecule has 3 aromatic carbocycles. The minimum atomic E-state index is -0.850. The van der Waals surface area contributed by atoms with Gasteiger partial charge < -0.3 is 26.4 Å². The quantitative estimate of drug-likeness (QED) is 0.222. The Kier molecular flexibility index (Phi) is 8.97. The molecule has 5 N–H and O–H groups in total. The fraction of sp³-hybridized carbons (Fsp3) is 0.143. The highest BCUT2D eigenvalue weighted by molar-refractivity contribution is 7.18. The van der Waals surface area contributed by atoms with Crippen LogP contribution in [-0.4, -0.2) is 35.2 Å². The lowest BCUT2D eigenvalue weighted by Gasteiger charge is -2.26. The molecule has 0 aliphatic heterocycles. The van der Waals surface area contributed by atoms with Gasteiger partial charge in [-0.15, -0.1) is 0 Å². The van der Waals surface area contributed by atoms with Crippen molar-refractivity contribution in [1.82, 2.24) is 10.3 Å². The van der Waals surface area contributed by atoms with E-state index in [1.807, 2.05) is 12.1 Å². The molecule has 9 nitrogen and oxygen atoms in total. The Morgan fingerprint density at radius 3 is 2.40 bits per heavy atom. The fourth-order valence-electron chi connectivity index (χ4n) is 3.68. The Balaban J connectivity index is 1.43. The van der Waals surface area contributed by atoms with Crippen LogP contribution >= 0.6 is 22.9 Å². The Morgan fingerprint density at radius 2 is 1.75 bits per heavy atom. The van der Waals surface area contributed by atoms with Crippen LogP contribution in [0.1, 0.15) is 27.7 Å². The Bertz CT molecular complexity index is 1530. The third-order valence-electron chi connectivity index (χ3n) is 5.88. The molecule has 206 valence electrons. The maximum Gasteiger partial charge on any atom is 0.258 e. The molecular formula is C28H25ClFN5O4S. The molecule has 40 heavy (non-hydrogen) atoms. The number of anilines is 3. The van der Waals surface area contributed by atoms with Gasteiger partial charge >= 0.3 is 0 Å². The molecule has 0 fully saturated rings. The Labute approximate surface area is 238 Å². The second-order valence-electron chi connectivity index (χ2n) is 8.65. The number of hydrogen-bond acceptors (Lipinski definition) is 8. The van der Waals surface area contributed by atoms with E-state index in [0.717, 1.165) is 16.9 Å². The standard InChI is InChI=1S/C28H25ClFN5O4S/c1-16(27(32)38)35(20-10-8-19(30)9-11-20)28-34-26(31)25(40-28)24(37)17-6-12-21(13-7-17)39-15-23(36)33-14-18-4-2-3-5-22(18)29/h2-13,16H,14-15,31H2,1H3,(H2,32,38)(H,33,36). The SMILES string of the molecule is CC(C(N)=O)N(c1ccc(F)cc1)c1nc(N)c(C(=O)c2ccc(OCC(=O)NCc3ccccc3Cl)cc2)s1. The lowest BCUT2D eigenvalue weighted by atomic mass is 10.1. The summed E-state index contributed by atoms with van der Waals surface area (Å²) in [5, 5.41) is 3.54. The highest BCUT2D eigenvalue weighted by Gasteiger charge is 2.27. The average molecular weight is 582 g/mol. The first-order valence-electron chi connectivity index (χ1n) is 12.0. The number of primary amides is 1. The van der Waals surface area contributed by atoms with E-state index in [1.165, 1.54) is 29.2 Å². The van der Waals surface area contributed by atoms with E-state index >= 15 is 0 Å². The number of nitrogens with one attached hydrogen (secondary N) is 1. The zero-order chi connectivity index (χ0) is 28.8. The summed E-state index contributed by atoms with van der Waals surface area (Å²) in [6, 6.07) is 18.0. The lowest BCUT2D eigenvalue weighted by Crippen LogP contribution is -2.39. The van der Waals surface area contributed by atoms with E-state index in [9.17, 15) is 18.8 Å². The third-order valence-corrected chi connectivity index (χ3v) is 7.32. The van der Waals surface area contributed by atoms with Crippen LogP contribution < -0.4 is 26.4 Å². The van der Waals surface area contributed by atoms with Crippen LogP contribution in [0.25, 0.3) is 0 Å². The van der Waals surface area contributed by atoms with Gasteiger partial charge in [-0.1, -0.05) is 41.1 Å². The predicted octanol–water partition coefficient (Wildman–Crippen LogP) is 4.46. The van der Waals surface area contributed by atoms with E-state index in [2.05, 4.69) is 10.3 Å². The number of rotatable bonds is 11. The first kappa shape index (κ1) is 28.5. The first-order chi connectivity index (χ1) is 19.1. The molecule has 4 rings (SSSR count). The predicted molar refractivity (Wildman–Crippen MR) is 152 cm³/mol. The summed E-state index contributed by atoms with van der Waals surface area (Å²) >= 11 is 7.08. The Hall–Kier alpha value is -4.48. The lowest BCUT2D eigenvalue weighted by molar-refractivity contribution is -0.123. The fourth-order valence-corrected chi connectivity index (χ4v) is 4.94. The number of carbonyl (C=O) groups is 3. The van der Waals surface area contributed by atoms with Crippen LogP contribution in [0.3, 0.4) is 0 Å². The minimum absolute atomic E-state index is 0.0238. The monoisotopic (exact) mass is 581 g/mol. The number of nitrogen functional groups attached to an aromatic ring is 1. The first-order valence-corrected chi connectivity index (χ1v) is 13.2. The van der Waals surface area contributed by atoms with Crippen LogP contribution in [0.2, 0.25) is 5.02 Å². The van der Waals surface area contributed by atoms with Crippen molar-refractivity contribution in [2.24, 2.45) is 5.73 Å². The molecule has 0 aliphatic rings. The number of nitrogens with two attached hydrogens (primary N) is 2. The van der Waals surface area contributed by atoms with Crippen LogP contribution in [0.5, 0.6) is 5.75 Å². The summed E-state index contributed by atoms with van der Waals surface area (Å²) < 4.78 is 19.0. The molecule has 0 bridgehead atoms. The number of halogens is 2. The van der Waals surface area contributed by atoms with Gasteiger partial charge in [0.05, 0.1) is 0 Å². The zero-order valence-electron chi connectivity index (χ0n) is 21.3. The van der Waals surface area contributed by atoms with Crippen molar-refractivity contribution in [3.8, 4) is 5.75 Å². The van der Waals surface area contributed by atoms with Gasteiger partial charge in [-0.05, 0) is 67.1 Å². The molecule has 0 saturated heterocycles. The normalized spacial score (nSPS) is 11.5. The molecular weight excluding hydrogens is 557 g/mol. The molecule has 12 heteroatoms. The smallest absolute Gasteiger partial charge is 0.258 e. The summed E-state index contributed by atoms with van der Waals surface area (Å²) in [5.74, 6) is -1.45. The maximum absolute atomic E-state index is 13.5. The van der Waals surface area contributed by atoms with E-state index < -0.39 is 23.5 Å². The zero-order valence-corrected chi connectivity index (χ0v) is 22.8. The van der Waals surface area contributed by atoms with Crippen LogP contribution in [0, 0.1) is 5.82 Å². The van der Waals surface area contributed by atoms with Crippen LogP contribution in [-0.2, 0) is 16.1 Å². The number of carbonyl (C=O) groups excluding carboxylic acids is 3. The van der Waals surface area contributed by atoms with Crippen LogP contribution in [0.15, 0.2) is 72.8 Å². The van der Waals surface area contributed by atoms with Crippen molar-refractivity contribution >= 4 is 57.2 Å². The number of amides is 2. The van der Waals surface area contributed by atoms with Gasteiger partial charge in [-0.3, -0.25) is 14.4 Å². The van der Waals surface area contributed by atoms with Crippen molar-refractivity contribution in [2.45, 2.75) is 19.5 Å². The second kappa shape index (κ2) is 12.6. The average Bonchev–Trinajstić information content (AvgIpc) is 3.33. The van der Waals surface area contributed by atoms with Crippen LogP contribution in [0.4, 0.5) is 21.0 Å². The van der Waals surface area contributed by atoms with Gasteiger partial charge in [0.1, 0.15) is 28.3 Å². The van der Waals surface area contributed by atoms with E-state index in [0.29, 0.717) is 22.0 Å². The van der Waals surface area contributed by atoms with Gasteiger partial charge in [-0.25, -0.2) is 9.37 Å².